The molecule has 0 N–H and O–H groups in total. The molecule has 0 radical (unpaired) electrons. The highest BCUT2D eigenvalue weighted by molar-refractivity contribution is 5.55. The number of benzene rings is 1. The van der Waals surface area contributed by atoms with Gasteiger partial charge in [-0.3, -0.25) is 0 Å². The Balaban J connectivity index is 2.10. The van der Waals surface area contributed by atoms with Gasteiger partial charge in [0, 0.05) is 24.5 Å². The Kier molecular flexibility index (Phi) is 7.15. The summed E-state index contributed by atoms with van der Waals surface area (Å²) in [5.41, 5.74) is 2.43. The monoisotopic (exact) mass is 310 g/mol. The summed E-state index contributed by atoms with van der Waals surface area (Å²) in [7, 11) is 0. The van der Waals surface area contributed by atoms with Crippen LogP contribution in [0.25, 0.3) is 0 Å². The van der Waals surface area contributed by atoms with Gasteiger partial charge >= 0.3 is 0 Å². The van der Waals surface area contributed by atoms with Crippen LogP contribution in [-0.4, -0.2) is 31.1 Å². The molecular formula is C21H30N2. The van der Waals surface area contributed by atoms with Crippen molar-refractivity contribution in [3.8, 4) is 0 Å². The number of rotatable bonds is 7. The summed E-state index contributed by atoms with van der Waals surface area (Å²) >= 11 is 0. The van der Waals surface area contributed by atoms with E-state index in [0.29, 0.717) is 0 Å². The molecule has 1 fully saturated rings. The molecule has 124 valence electrons. The van der Waals surface area contributed by atoms with Crippen molar-refractivity contribution in [2.75, 3.05) is 31.1 Å². The van der Waals surface area contributed by atoms with Gasteiger partial charge in [0.25, 0.3) is 0 Å². The Bertz CT molecular complexity index is 522. The zero-order valence-corrected chi connectivity index (χ0v) is 14.6. The summed E-state index contributed by atoms with van der Waals surface area (Å²) in [5.74, 6) is 0.885. The van der Waals surface area contributed by atoms with Gasteiger partial charge in [-0.2, -0.15) is 0 Å². The lowest BCUT2D eigenvalue weighted by Gasteiger charge is -2.33. The number of hydrogen-bond donors (Lipinski definition) is 0. The van der Waals surface area contributed by atoms with Gasteiger partial charge in [-0.1, -0.05) is 43.9 Å². The molecule has 1 aliphatic rings. The first-order valence-corrected chi connectivity index (χ1v) is 8.75. The lowest BCUT2D eigenvalue weighted by atomic mass is 9.99. The summed E-state index contributed by atoms with van der Waals surface area (Å²) in [4.78, 5) is 4.98. The summed E-state index contributed by atoms with van der Waals surface area (Å²) in [6.45, 7) is 12.9. The number of piperidine rings is 1. The number of anilines is 1. The smallest absolute Gasteiger partial charge is 0.0411 e. The third-order valence-electron chi connectivity index (χ3n) is 4.52. The maximum atomic E-state index is 3.87. The minimum atomic E-state index is 0.885. The predicted molar refractivity (Wildman–Crippen MR) is 102 cm³/mol. The van der Waals surface area contributed by atoms with Crippen molar-refractivity contribution < 1.29 is 0 Å². The summed E-state index contributed by atoms with van der Waals surface area (Å²) in [5, 5.41) is 0. The molecule has 1 aromatic rings. The van der Waals surface area contributed by atoms with Crippen molar-refractivity contribution in [2.24, 2.45) is 5.92 Å². The van der Waals surface area contributed by atoms with Crippen molar-refractivity contribution in [2.45, 2.75) is 26.7 Å². The number of para-hydroxylation sites is 1. The van der Waals surface area contributed by atoms with E-state index in [2.05, 4.69) is 78.8 Å². The van der Waals surface area contributed by atoms with Gasteiger partial charge in [0.15, 0.2) is 0 Å². The molecule has 0 atom stereocenters. The number of allylic oxidation sites excluding steroid dienone is 4. The zero-order chi connectivity index (χ0) is 16.5. The lowest BCUT2D eigenvalue weighted by molar-refractivity contribution is 0.197. The molecule has 0 aromatic heterocycles. The average molecular weight is 310 g/mol. The third-order valence-corrected chi connectivity index (χ3v) is 4.52. The first kappa shape index (κ1) is 17.6. The van der Waals surface area contributed by atoms with Crippen molar-refractivity contribution in [1.82, 2.24) is 4.90 Å². The molecule has 2 rings (SSSR count). The van der Waals surface area contributed by atoms with Crippen LogP contribution in [0.4, 0.5) is 5.69 Å². The van der Waals surface area contributed by atoms with Crippen LogP contribution < -0.4 is 4.90 Å². The Morgan fingerprint density at radius 2 is 1.96 bits per heavy atom. The van der Waals surface area contributed by atoms with E-state index in [1.54, 1.807) is 0 Å². The van der Waals surface area contributed by atoms with E-state index in [9.17, 15) is 0 Å². The van der Waals surface area contributed by atoms with E-state index in [4.69, 9.17) is 0 Å². The highest BCUT2D eigenvalue weighted by Crippen LogP contribution is 2.21. The predicted octanol–water partition coefficient (Wildman–Crippen LogP) is 4.87. The maximum absolute atomic E-state index is 3.87. The van der Waals surface area contributed by atoms with Crippen LogP contribution in [0.5, 0.6) is 0 Å². The van der Waals surface area contributed by atoms with Crippen LogP contribution in [0, 0.1) is 5.92 Å². The van der Waals surface area contributed by atoms with Gasteiger partial charge in [-0.15, -0.1) is 0 Å². The molecule has 2 nitrogen and oxygen atoms in total. The van der Waals surface area contributed by atoms with E-state index in [1.807, 2.05) is 6.08 Å². The zero-order valence-electron chi connectivity index (χ0n) is 14.6. The van der Waals surface area contributed by atoms with Gasteiger partial charge in [0.2, 0.25) is 0 Å². The van der Waals surface area contributed by atoms with Gasteiger partial charge < -0.3 is 9.80 Å². The average Bonchev–Trinajstić information content (AvgIpc) is 2.58. The molecule has 0 amide bonds. The minimum absolute atomic E-state index is 0.885. The van der Waals surface area contributed by atoms with Crippen molar-refractivity contribution in [3.05, 3.63) is 66.9 Å². The van der Waals surface area contributed by atoms with Crippen molar-refractivity contribution in [3.63, 3.8) is 0 Å². The molecule has 0 saturated carbocycles. The van der Waals surface area contributed by atoms with E-state index in [0.717, 1.165) is 19.0 Å². The Labute approximate surface area is 141 Å². The largest absolute Gasteiger partial charge is 0.340 e. The second kappa shape index (κ2) is 9.36. The Hall–Kier alpha value is -1.80. The lowest BCUT2D eigenvalue weighted by Crippen LogP contribution is -2.39. The summed E-state index contributed by atoms with van der Waals surface area (Å²) in [6, 6.07) is 10.6. The molecule has 1 saturated heterocycles. The summed E-state index contributed by atoms with van der Waals surface area (Å²) in [6.07, 6.45) is 10.9. The molecule has 1 heterocycles. The molecular weight excluding hydrogens is 280 g/mol. The number of nitrogens with zero attached hydrogens (tertiary/aromatic N) is 2. The fourth-order valence-electron chi connectivity index (χ4n) is 3.07. The molecule has 0 spiro atoms. The molecule has 2 heteroatoms. The first-order valence-electron chi connectivity index (χ1n) is 8.75. The molecule has 0 aliphatic carbocycles. The van der Waals surface area contributed by atoms with Crippen LogP contribution in [0.2, 0.25) is 0 Å². The van der Waals surface area contributed by atoms with Crippen LogP contribution >= 0.6 is 0 Å². The fourth-order valence-corrected chi connectivity index (χ4v) is 3.07. The van der Waals surface area contributed by atoms with Crippen LogP contribution in [-0.2, 0) is 0 Å². The molecule has 1 aromatic carbocycles. The van der Waals surface area contributed by atoms with Gasteiger partial charge in [0.1, 0.15) is 0 Å². The summed E-state index contributed by atoms with van der Waals surface area (Å²) < 4.78 is 0. The molecule has 1 aliphatic heterocycles. The third kappa shape index (κ3) is 5.40. The standard InChI is InChI=1S/C21H30N2/c1-4-9-20(10-5-2)23(21-11-7-6-8-12-21)18-17-22-15-13-19(3)14-16-22/h4-12,19H,1,13-18H2,2-3H3/b10-5-,20-9+. The fraction of sp³-hybridized carbons (Fsp3) is 0.429. The van der Waals surface area contributed by atoms with Crippen molar-refractivity contribution >= 4 is 5.69 Å². The van der Waals surface area contributed by atoms with E-state index in [-0.39, 0.29) is 0 Å². The Morgan fingerprint density at radius 3 is 2.57 bits per heavy atom. The highest BCUT2D eigenvalue weighted by atomic mass is 15.2. The van der Waals surface area contributed by atoms with Crippen LogP contribution in [0.1, 0.15) is 26.7 Å². The highest BCUT2D eigenvalue weighted by Gasteiger charge is 2.17. The quantitative estimate of drug-likeness (QED) is 0.663. The van der Waals surface area contributed by atoms with Gasteiger partial charge in [0.05, 0.1) is 0 Å². The van der Waals surface area contributed by atoms with E-state index >= 15 is 0 Å². The van der Waals surface area contributed by atoms with E-state index < -0.39 is 0 Å². The second-order valence-corrected chi connectivity index (χ2v) is 6.34. The van der Waals surface area contributed by atoms with Gasteiger partial charge in [-0.05, 0) is 63.1 Å². The SMILES string of the molecule is C=C/C=C(\C=C/C)N(CCN1CCC(C)CC1)c1ccccc1. The van der Waals surface area contributed by atoms with Gasteiger partial charge in [-0.25, -0.2) is 0 Å². The minimum Gasteiger partial charge on any atom is -0.340 e. The Morgan fingerprint density at radius 1 is 1.26 bits per heavy atom. The topological polar surface area (TPSA) is 6.48 Å². The first-order chi connectivity index (χ1) is 11.2. The van der Waals surface area contributed by atoms with Crippen LogP contribution in [0.3, 0.4) is 0 Å². The normalized spacial score (nSPS) is 17.6. The molecule has 23 heavy (non-hydrogen) atoms. The molecule has 0 bridgehead atoms. The number of hydrogen-bond acceptors (Lipinski definition) is 2. The maximum Gasteiger partial charge on any atom is 0.0411 e. The molecule has 0 unspecified atom stereocenters. The van der Waals surface area contributed by atoms with Crippen molar-refractivity contribution in [1.29, 1.82) is 0 Å². The number of likely N-dealkylation sites (tertiary alicyclic amines) is 1. The van der Waals surface area contributed by atoms with Crippen LogP contribution in [0.15, 0.2) is 66.9 Å². The van der Waals surface area contributed by atoms with E-state index in [1.165, 1.54) is 37.3 Å². The second-order valence-electron chi connectivity index (χ2n) is 6.34.